The van der Waals surface area contributed by atoms with Gasteiger partial charge in [0.25, 0.3) is 0 Å². The van der Waals surface area contributed by atoms with Gasteiger partial charge in [0.1, 0.15) is 0 Å². The second-order valence-corrected chi connectivity index (χ2v) is 6.42. The van der Waals surface area contributed by atoms with Gasteiger partial charge >= 0.3 is 0 Å². The van der Waals surface area contributed by atoms with E-state index in [1.165, 1.54) is 54.6 Å². The number of fused-ring (bicyclic) bond motifs is 2. The minimum Gasteiger partial charge on any atom is -0.338 e. The van der Waals surface area contributed by atoms with Crippen molar-refractivity contribution in [3.05, 3.63) is 59.7 Å². The van der Waals surface area contributed by atoms with Crippen LogP contribution in [0.15, 0.2) is 48.5 Å². The molecule has 1 saturated carbocycles. The number of aryl methyl sites for hydroxylation is 2. The maximum atomic E-state index is 2.66. The molecule has 0 atom stereocenters. The number of hydrogen-bond acceptors (Lipinski definition) is 1. The molecule has 2 aromatic carbocycles. The Labute approximate surface area is 127 Å². The molecule has 1 aliphatic carbocycles. The molecule has 0 spiro atoms. The van der Waals surface area contributed by atoms with E-state index in [1.807, 2.05) is 0 Å². The Balaban J connectivity index is 1.85. The van der Waals surface area contributed by atoms with E-state index in [1.54, 1.807) is 0 Å². The zero-order valence-corrected chi connectivity index (χ0v) is 12.6. The first-order valence-electron chi connectivity index (χ1n) is 8.38. The summed E-state index contributed by atoms with van der Waals surface area (Å²) in [6.07, 6.45) is 9.17. The Hall–Kier alpha value is -1.76. The highest BCUT2D eigenvalue weighted by Gasteiger charge is 2.27. The number of nitrogens with zero attached hydrogens (tertiary/aromatic N) is 1. The van der Waals surface area contributed by atoms with Crippen LogP contribution in [0, 0.1) is 0 Å². The van der Waals surface area contributed by atoms with Crippen LogP contribution < -0.4 is 4.90 Å². The minimum atomic E-state index is 0.680. The second-order valence-electron chi connectivity index (χ2n) is 6.42. The number of para-hydroxylation sites is 2. The van der Waals surface area contributed by atoms with Crippen LogP contribution in [0.2, 0.25) is 0 Å². The van der Waals surface area contributed by atoms with Gasteiger partial charge in [-0.15, -0.1) is 0 Å². The van der Waals surface area contributed by atoms with E-state index in [0.717, 1.165) is 12.8 Å². The molecule has 2 aliphatic rings. The molecule has 1 aliphatic heterocycles. The van der Waals surface area contributed by atoms with Crippen LogP contribution >= 0.6 is 0 Å². The first-order valence-corrected chi connectivity index (χ1v) is 8.38. The van der Waals surface area contributed by atoms with E-state index in [2.05, 4.69) is 53.4 Å². The van der Waals surface area contributed by atoms with Crippen molar-refractivity contribution in [2.24, 2.45) is 0 Å². The van der Waals surface area contributed by atoms with Crippen molar-refractivity contribution >= 4 is 11.4 Å². The summed E-state index contributed by atoms with van der Waals surface area (Å²) in [5.74, 6) is 0. The highest BCUT2D eigenvalue weighted by Crippen LogP contribution is 2.40. The van der Waals surface area contributed by atoms with Crippen molar-refractivity contribution in [3.63, 3.8) is 0 Å². The van der Waals surface area contributed by atoms with E-state index in [-0.39, 0.29) is 0 Å². The molecule has 0 aromatic heterocycles. The normalized spacial score (nSPS) is 18.8. The first-order chi connectivity index (χ1) is 10.4. The summed E-state index contributed by atoms with van der Waals surface area (Å²) in [5, 5.41) is 0. The van der Waals surface area contributed by atoms with Crippen molar-refractivity contribution in [2.75, 3.05) is 4.90 Å². The van der Waals surface area contributed by atoms with Gasteiger partial charge < -0.3 is 4.90 Å². The molecular weight excluding hydrogens is 254 g/mol. The summed E-state index contributed by atoms with van der Waals surface area (Å²) in [4.78, 5) is 2.66. The lowest BCUT2D eigenvalue weighted by molar-refractivity contribution is 0.436. The summed E-state index contributed by atoms with van der Waals surface area (Å²) in [6.45, 7) is 0. The number of anilines is 2. The third-order valence-electron chi connectivity index (χ3n) is 5.11. The van der Waals surface area contributed by atoms with Crippen LogP contribution in [0.1, 0.15) is 43.2 Å². The van der Waals surface area contributed by atoms with Crippen molar-refractivity contribution in [3.8, 4) is 0 Å². The lowest BCUT2D eigenvalue weighted by atomic mass is 9.93. The summed E-state index contributed by atoms with van der Waals surface area (Å²) >= 11 is 0. The largest absolute Gasteiger partial charge is 0.338 e. The van der Waals surface area contributed by atoms with E-state index < -0.39 is 0 Å². The van der Waals surface area contributed by atoms with Crippen molar-refractivity contribution in [1.29, 1.82) is 0 Å². The molecule has 0 unspecified atom stereocenters. The highest BCUT2D eigenvalue weighted by molar-refractivity contribution is 5.71. The lowest BCUT2D eigenvalue weighted by Gasteiger charge is -2.37. The van der Waals surface area contributed by atoms with Crippen LogP contribution in [0.3, 0.4) is 0 Å². The van der Waals surface area contributed by atoms with Gasteiger partial charge in [-0.2, -0.15) is 0 Å². The number of hydrogen-bond donors (Lipinski definition) is 0. The molecule has 1 nitrogen and oxygen atoms in total. The first kappa shape index (κ1) is 12.9. The Morgan fingerprint density at radius 3 is 1.76 bits per heavy atom. The van der Waals surface area contributed by atoms with Crippen LogP contribution in [0.4, 0.5) is 11.4 Å². The van der Waals surface area contributed by atoms with E-state index >= 15 is 0 Å². The van der Waals surface area contributed by atoms with Gasteiger partial charge in [0.15, 0.2) is 0 Å². The smallest absolute Gasteiger partial charge is 0.0446 e. The lowest BCUT2D eigenvalue weighted by Crippen LogP contribution is -2.33. The fourth-order valence-corrected chi connectivity index (χ4v) is 4.05. The van der Waals surface area contributed by atoms with Crippen LogP contribution in [0.25, 0.3) is 0 Å². The maximum absolute atomic E-state index is 2.66. The van der Waals surface area contributed by atoms with Crippen molar-refractivity contribution in [2.45, 2.75) is 51.0 Å². The Kier molecular flexibility index (Phi) is 3.42. The topological polar surface area (TPSA) is 3.24 Å². The quantitative estimate of drug-likeness (QED) is 0.687. The number of benzene rings is 2. The van der Waals surface area contributed by atoms with Gasteiger partial charge in [-0.25, -0.2) is 0 Å². The molecule has 1 heteroatoms. The van der Waals surface area contributed by atoms with E-state index in [9.17, 15) is 0 Å². The minimum absolute atomic E-state index is 0.680. The van der Waals surface area contributed by atoms with Gasteiger partial charge in [-0.3, -0.25) is 0 Å². The van der Waals surface area contributed by atoms with Crippen LogP contribution in [-0.2, 0) is 12.8 Å². The summed E-state index contributed by atoms with van der Waals surface area (Å²) in [7, 11) is 0. The predicted molar refractivity (Wildman–Crippen MR) is 89.3 cm³/mol. The molecule has 4 rings (SSSR count). The molecule has 2 aromatic rings. The molecule has 0 saturated heterocycles. The third-order valence-corrected chi connectivity index (χ3v) is 5.11. The average Bonchev–Trinajstić information content (AvgIpc) is 2.72. The molecule has 1 heterocycles. The van der Waals surface area contributed by atoms with Crippen LogP contribution in [-0.4, -0.2) is 6.04 Å². The highest BCUT2D eigenvalue weighted by atomic mass is 15.2. The molecule has 0 N–H and O–H groups in total. The predicted octanol–water partition coefficient (Wildman–Crippen LogP) is 5.26. The zero-order valence-electron chi connectivity index (χ0n) is 12.6. The van der Waals surface area contributed by atoms with Gasteiger partial charge in [-0.05, 0) is 48.9 Å². The molecule has 0 bridgehead atoms. The summed E-state index contributed by atoms with van der Waals surface area (Å²) in [5.41, 5.74) is 5.93. The van der Waals surface area contributed by atoms with E-state index in [4.69, 9.17) is 0 Å². The monoisotopic (exact) mass is 277 g/mol. The Morgan fingerprint density at radius 2 is 1.19 bits per heavy atom. The van der Waals surface area contributed by atoms with Gasteiger partial charge in [0.2, 0.25) is 0 Å². The summed E-state index contributed by atoms with van der Waals surface area (Å²) < 4.78 is 0. The van der Waals surface area contributed by atoms with Crippen molar-refractivity contribution in [1.82, 2.24) is 0 Å². The molecule has 108 valence electrons. The van der Waals surface area contributed by atoms with Gasteiger partial charge in [0.05, 0.1) is 0 Å². The fraction of sp³-hybridized carbons (Fsp3) is 0.400. The molecule has 1 fully saturated rings. The third kappa shape index (κ3) is 2.35. The van der Waals surface area contributed by atoms with Crippen molar-refractivity contribution < 1.29 is 0 Å². The molecule has 0 radical (unpaired) electrons. The zero-order chi connectivity index (χ0) is 14.1. The molecular formula is C20H23N. The Bertz CT molecular complexity index is 578. The van der Waals surface area contributed by atoms with Gasteiger partial charge in [-0.1, -0.05) is 55.7 Å². The molecule has 21 heavy (non-hydrogen) atoms. The van der Waals surface area contributed by atoms with E-state index in [0.29, 0.717) is 6.04 Å². The van der Waals surface area contributed by atoms with Gasteiger partial charge in [0, 0.05) is 17.4 Å². The summed E-state index contributed by atoms with van der Waals surface area (Å²) in [6, 6.07) is 18.7. The standard InChI is InChI=1S/C20H23N/c1-2-10-18(11-3-1)21-19-12-6-4-8-16(19)14-15-17-9-5-7-13-20(17)21/h4-9,12-13,18H,1-3,10-11,14-15H2. The molecule has 0 amide bonds. The average molecular weight is 277 g/mol. The second kappa shape index (κ2) is 5.55. The number of rotatable bonds is 1. The SMILES string of the molecule is c1ccc2c(c1)CCc1ccccc1N2C1CCCCC1. The maximum Gasteiger partial charge on any atom is 0.0446 e. The van der Waals surface area contributed by atoms with Crippen LogP contribution in [0.5, 0.6) is 0 Å². The fourth-order valence-electron chi connectivity index (χ4n) is 4.05. The Morgan fingerprint density at radius 1 is 0.667 bits per heavy atom.